The first-order chi connectivity index (χ1) is 11.8. The number of ether oxygens (including phenoxy) is 1. The first-order valence-electron chi connectivity index (χ1n) is 8.71. The van der Waals surface area contributed by atoms with Gasteiger partial charge in [0.25, 0.3) is 0 Å². The summed E-state index contributed by atoms with van der Waals surface area (Å²) in [6.07, 6.45) is 3.40. The van der Waals surface area contributed by atoms with Crippen molar-refractivity contribution in [2.24, 2.45) is 4.99 Å². The van der Waals surface area contributed by atoms with E-state index in [1.165, 1.54) is 6.26 Å². The highest BCUT2D eigenvalue weighted by molar-refractivity contribution is 14.0. The Kier molecular flexibility index (Phi) is 9.32. The van der Waals surface area contributed by atoms with Crippen LogP contribution in [0.4, 0.5) is 0 Å². The van der Waals surface area contributed by atoms with Crippen molar-refractivity contribution >= 4 is 39.8 Å². The smallest absolute Gasteiger partial charge is 0.191 e. The Morgan fingerprint density at radius 2 is 1.88 bits per heavy atom. The summed E-state index contributed by atoms with van der Waals surface area (Å²) in [6.45, 7) is 7.03. The average Bonchev–Trinajstić information content (AvgIpc) is 2.97. The van der Waals surface area contributed by atoms with Crippen LogP contribution in [0, 0.1) is 0 Å². The molecule has 1 fully saturated rings. The van der Waals surface area contributed by atoms with E-state index in [-0.39, 0.29) is 35.3 Å². The molecular weight excluding hydrogens is 465 g/mol. The molecule has 0 aliphatic carbocycles. The molecule has 2 rings (SSSR count). The topological polar surface area (TPSA) is 79.8 Å². The third-order valence-corrected chi connectivity index (χ3v) is 5.00. The largest absolute Gasteiger partial charge is 0.373 e. The molecule has 1 aromatic rings. The highest BCUT2D eigenvalue weighted by atomic mass is 127. The lowest BCUT2D eigenvalue weighted by atomic mass is 10.0. The van der Waals surface area contributed by atoms with Crippen LogP contribution in [0.1, 0.15) is 37.8 Å². The fraction of sp³-hybridized carbons (Fsp3) is 0.611. The molecule has 1 unspecified atom stereocenters. The van der Waals surface area contributed by atoms with Crippen molar-refractivity contribution in [3.05, 3.63) is 35.4 Å². The maximum Gasteiger partial charge on any atom is 0.191 e. The number of benzene rings is 1. The van der Waals surface area contributed by atoms with Crippen molar-refractivity contribution < 1.29 is 13.2 Å². The first kappa shape index (κ1) is 23.2. The summed E-state index contributed by atoms with van der Waals surface area (Å²) >= 11 is 0. The normalized spacial score (nSPS) is 20.5. The first-order valence-corrected chi connectivity index (χ1v) is 10.8. The van der Waals surface area contributed by atoms with E-state index in [0.717, 1.165) is 49.6 Å². The number of hydrogen-bond donors (Lipinski definition) is 2. The second kappa shape index (κ2) is 10.5. The monoisotopic (exact) mass is 495 g/mol. The van der Waals surface area contributed by atoms with Crippen molar-refractivity contribution in [2.75, 3.05) is 26.0 Å². The lowest BCUT2D eigenvalue weighted by molar-refractivity contribution is 0.0243. The van der Waals surface area contributed by atoms with Gasteiger partial charge in [-0.15, -0.1) is 24.0 Å². The van der Waals surface area contributed by atoms with Crippen LogP contribution in [-0.2, 0) is 26.9 Å². The maximum absolute atomic E-state index is 11.3. The molecule has 1 aliphatic rings. The van der Waals surface area contributed by atoms with E-state index < -0.39 is 9.84 Å². The molecule has 1 saturated heterocycles. The molecule has 0 spiro atoms. The van der Waals surface area contributed by atoms with Crippen molar-refractivity contribution in [1.82, 2.24) is 10.6 Å². The van der Waals surface area contributed by atoms with Crippen LogP contribution < -0.4 is 10.6 Å². The molecule has 148 valence electrons. The molecule has 1 atom stereocenters. The highest BCUT2D eigenvalue weighted by Gasteiger charge is 2.29. The van der Waals surface area contributed by atoms with Gasteiger partial charge in [0.1, 0.15) is 0 Å². The van der Waals surface area contributed by atoms with Gasteiger partial charge in [-0.05, 0) is 37.8 Å². The Morgan fingerprint density at radius 3 is 2.42 bits per heavy atom. The molecule has 6 nitrogen and oxygen atoms in total. The molecule has 1 heterocycles. The lowest BCUT2D eigenvalue weighted by Gasteiger charge is -2.24. The number of hydrogen-bond acceptors (Lipinski definition) is 4. The average molecular weight is 495 g/mol. The Labute approximate surface area is 174 Å². The Hall–Kier alpha value is -0.870. The Bertz CT molecular complexity index is 684. The van der Waals surface area contributed by atoms with E-state index >= 15 is 0 Å². The van der Waals surface area contributed by atoms with E-state index in [1.54, 1.807) is 0 Å². The SMILES string of the molecule is CCNC(=NCc1ccc(CS(C)(=O)=O)cc1)NCC1(C)CCCO1.I. The summed E-state index contributed by atoms with van der Waals surface area (Å²) in [5.41, 5.74) is 1.72. The zero-order chi connectivity index (χ0) is 18.3. The molecule has 1 aromatic carbocycles. The molecule has 0 amide bonds. The predicted molar refractivity (Wildman–Crippen MR) is 117 cm³/mol. The van der Waals surface area contributed by atoms with Crippen molar-refractivity contribution in [3.8, 4) is 0 Å². The summed E-state index contributed by atoms with van der Waals surface area (Å²) in [5.74, 6) is 0.832. The molecule has 0 bridgehead atoms. The number of guanidine groups is 1. The van der Waals surface area contributed by atoms with Gasteiger partial charge in [0.15, 0.2) is 15.8 Å². The molecule has 2 N–H and O–H groups in total. The minimum absolute atomic E-state index is 0. The molecule has 1 aliphatic heterocycles. The zero-order valence-corrected chi connectivity index (χ0v) is 18.9. The Balaban J connectivity index is 0.00000338. The molecule has 0 radical (unpaired) electrons. The number of halogens is 1. The van der Waals surface area contributed by atoms with Crippen molar-refractivity contribution in [1.29, 1.82) is 0 Å². The van der Waals surface area contributed by atoms with Crippen molar-refractivity contribution in [3.63, 3.8) is 0 Å². The fourth-order valence-electron chi connectivity index (χ4n) is 2.80. The third-order valence-electron chi connectivity index (χ3n) is 4.15. The number of nitrogens with zero attached hydrogens (tertiary/aromatic N) is 1. The van der Waals surface area contributed by atoms with Gasteiger partial charge < -0.3 is 15.4 Å². The summed E-state index contributed by atoms with van der Waals surface area (Å²) < 4.78 is 28.5. The molecule has 0 saturated carbocycles. The van der Waals surface area contributed by atoms with Gasteiger partial charge in [0.2, 0.25) is 0 Å². The summed E-state index contributed by atoms with van der Waals surface area (Å²) in [5, 5.41) is 6.59. The second-order valence-corrected chi connectivity index (χ2v) is 8.98. The van der Waals surface area contributed by atoms with Gasteiger partial charge in [0.05, 0.1) is 17.9 Å². The van der Waals surface area contributed by atoms with Gasteiger partial charge in [-0.2, -0.15) is 0 Å². The molecule has 26 heavy (non-hydrogen) atoms. The van der Waals surface area contributed by atoms with Gasteiger partial charge >= 0.3 is 0 Å². The number of nitrogens with one attached hydrogen (secondary N) is 2. The summed E-state index contributed by atoms with van der Waals surface area (Å²) in [4.78, 5) is 4.60. The quantitative estimate of drug-likeness (QED) is 0.345. The Morgan fingerprint density at radius 1 is 1.23 bits per heavy atom. The fourth-order valence-corrected chi connectivity index (χ4v) is 3.60. The van der Waals surface area contributed by atoms with Crippen LogP contribution in [0.5, 0.6) is 0 Å². The minimum atomic E-state index is -3.00. The van der Waals surface area contributed by atoms with E-state index in [2.05, 4.69) is 22.5 Å². The molecule has 0 aromatic heterocycles. The summed E-state index contributed by atoms with van der Waals surface area (Å²) in [7, 11) is -3.00. The van der Waals surface area contributed by atoms with Crippen LogP contribution in [0.2, 0.25) is 0 Å². The number of rotatable bonds is 7. The van der Waals surface area contributed by atoms with E-state index in [1.807, 2.05) is 31.2 Å². The van der Waals surface area contributed by atoms with Gasteiger partial charge in [0, 0.05) is 26.0 Å². The molecule has 8 heteroatoms. The van der Waals surface area contributed by atoms with Crippen LogP contribution in [0.15, 0.2) is 29.3 Å². The lowest BCUT2D eigenvalue weighted by Crippen LogP contribution is -2.45. The van der Waals surface area contributed by atoms with Gasteiger partial charge in [-0.25, -0.2) is 13.4 Å². The standard InChI is InChI=1S/C18H29N3O3S.HI/c1-4-19-17(21-14-18(2)10-5-11-24-18)20-12-15-6-8-16(9-7-15)13-25(3,22)23;/h6-9H,4-5,10-14H2,1-3H3,(H2,19,20,21);1H. The predicted octanol–water partition coefficient (Wildman–Crippen LogP) is 2.47. The van der Waals surface area contributed by atoms with Crippen LogP contribution in [-0.4, -0.2) is 45.9 Å². The minimum Gasteiger partial charge on any atom is -0.373 e. The second-order valence-electron chi connectivity index (χ2n) is 6.84. The number of sulfone groups is 1. The van der Waals surface area contributed by atoms with Crippen LogP contribution >= 0.6 is 24.0 Å². The van der Waals surface area contributed by atoms with Crippen LogP contribution in [0.25, 0.3) is 0 Å². The zero-order valence-electron chi connectivity index (χ0n) is 15.7. The van der Waals surface area contributed by atoms with Gasteiger partial charge in [-0.3, -0.25) is 0 Å². The van der Waals surface area contributed by atoms with E-state index in [9.17, 15) is 8.42 Å². The van der Waals surface area contributed by atoms with Crippen molar-refractivity contribution in [2.45, 2.75) is 44.6 Å². The van der Waals surface area contributed by atoms with E-state index in [4.69, 9.17) is 4.74 Å². The maximum atomic E-state index is 11.3. The highest BCUT2D eigenvalue weighted by Crippen LogP contribution is 2.23. The third kappa shape index (κ3) is 8.22. The van der Waals surface area contributed by atoms with Crippen LogP contribution in [0.3, 0.4) is 0 Å². The summed E-state index contributed by atoms with van der Waals surface area (Å²) in [6, 6.07) is 7.54. The van der Waals surface area contributed by atoms with Gasteiger partial charge in [-0.1, -0.05) is 24.3 Å². The number of aliphatic imine (C=N–C) groups is 1. The van der Waals surface area contributed by atoms with E-state index in [0.29, 0.717) is 6.54 Å². The molecular formula is C18H30IN3O3S.